The van der Waals surface area contributed by atoms with Crippen LogP contribution in [-0.4, -0.2) is 26.3 Å². The quantitative estimate of drug-likeness (QED) is 0.871. The number of hydrogen-bond donors (Lipinski definition) is 1. The van der Waals surface area contributed by atoms with Gasteiger partial charge in [0.2, 0.25) is 0 Å². The molecule has 1 saturated heterocycles. The van der Waals surface area contributed by atoms with Crippen molar-refractivity contribution in [2.24, 2.45) is 0 Å². The van der Waals surface area contributed by atoms with E-state index in [1.165, 1.54) is 11.1 Å². The second-order valence-corrected chi connectivity index (χ2v) is 4.67. The summed E-state index contributed by atoms with van der Waals surface area (Å²) in [4.78, 5) is 0. The molecule has 0 amide bonds. The Morgan fingerprint density at radius 2 is 2.29 bits per heavy atom. The average molecular weight is 235 g/mol. The topological polar surface area (TPSA) is 30.5 Å². The number of rotatable bonds is 3. The molecule has 0 radical (unpaired) electrons. The molecule has 1 fully saturated rings. The number of morpholine rings is 1. The molecule has 1 aromatic carbocycles. The van der Waals surface area contributed by atoms with Crippen LogP contribution >= 0.6 is 0 Å². The fourth-order valence-corrected chi connectivity index (χ4v) is 2.21. The zero-order valence-corrected chi connectivity index (χ0v) is 10.9. The summed E-state index contributed by atoms with van der Waals surface area (Å²) in [6, 6.07) is 6.31. The highest BCUT2D eigenvalue weighted by Crippen LogP contribution is 2.30. The highest BCUT2D eigenvalue weighted by molar-refractivity contribution is 5.38. The molecule has 0 bridgehead atoms. The van der Waals surface area contributed by atoms with E-state index >= 15 is 0 Å². The number of nitrogens with one attached hydrogen (secondary N) is 1. The molecule has 0 spiro atoms. The van der Waals surface area contributed by atoms with E-state index < -0.39 is 0 Å². The minimum Gasteiger partial charge on any atom is -0.494 e. The van der Waals surface area contributed by atoms with Gasteiger partial charge in [0.1, 0.15) is 11.4 Å². The fourth-order valence-electron chi connectivity index (χ4n) is 2.21. The molecule has 94 valence electrons. The van der Waals surface area contributed by atoms with Gasteiger partial charge in [0.05, 0.1) is 13.2 Å². The summed E-state index contributed by atoms with van der Waals surface area (Å²) >= 11 is 0. The molecule has 1 aliphatic heterocycles. The fraction of sp³-hybridized carbons (Fsp3) is 0.571. The predicted octanol–water partition coefficient (Wildman–Crippen LogP) is 2.23. The maximum atomic E-state index is 5.90. The maximum absolute atomic E-state index is 5.90. The van der Waals surface area contributed by atoms with E-state index in [1.807, 2.05) is 13.0 Å². The summed E-state index contributed by atoms with van der Waals surface area (Å²) in [6.45, 7) is 9.48. The molecule has 1 N–H and O–H groups in total. The van der Waals surface area contributed by atoms with E-state index in [4.69, 9.17) is 9.47 Å². The van der Waals surface area contributed by atoms with Crippen LogP contribution in [0.25, 0.3) is 0 Å². The van der Waals surface area contributed by atoms with Crippen LogP contribution in [0, 0.1) is 6.92 Å². The van der Waals surface area contributed by atoms with Crippen molar-refractivity contribution in [3.63, 3.8) is 0 Å². The minimum atomic E-state index is -0.215. The SMILES string of the molecule is CCOc1ccc(C2(C)CNCCO2)cc1C. The molecule has 17 heavy (non-hydrogen) atoms. The van der Waals surface area contributed by atoms with Gasteiger partial charge in [-0.3, -0.25) is 0 Å². The summed E-state index contributed by atoms with van der Waals surface area (Å²) in [6.07, 6.45) is 0. The Balaban J connectivity index is 2.24. The van der Waals surface area contributed by atoms with Crippen molar-refractivity contribution < 1.29 is 9.47 Å². The van der Waals surface area contributed by atoms with Gasteiger partial charge in [0, 0.05) is 13.1 Å². The molecule has 3 heteroatoms. The van der Waals surface area contributed by atoms with Gasteiger partial charge in [-0.05, 0) is 44.0 Å². The molecule has 1 aromatic rings. The monoisotopic (exact) mass is 235 g/mol. The summed E-state index contributed by atoms with van der Waals surface area (Å²) in [7, 11) is 0. The molecular formula is C14H21NO2. The van der Waals surface area contributed by atoms with Gasteiger partial charge in [0.15, 0.2) is 0 Å². The van der Waals surface area contributed by atoms with Crippen molar-refractivity contribution in [3.8, 4) is 5.75 Å². The Hall–Kier alpha value is -1.06. The second kappa shape index (κ2) is 5.07. The molecule has 1 atom stereocenters. The standard InChI is InChI=1S/C14H21NO2/c1-4-16-13-6-5-12(9-11(13)2)14(3)10-15-7-8-17-14/h5-6,9,15H,4,7-8,10H2,1-3H3. The first-order valence-corrected chi connectivity index (χ1v) is 6.24. The molecule has 0 saturated carbocycles. The molecule has 1 aliphatic rings. The lowest BCUT2D eigenvalue weighted by Crippen LogP contribution is -2.45. The third-order valence-electron chi connectivity index (χ3n) is 3.25. The Kier molecular flexibility index (Phi) is 3.69. The van der Waals surface area contributed by atoms with Gasteiger partial charge in [-0.2, -0.15) is 0 Å². The lowest BCUT2D eigenvalue weighted by molar-refractivity contribution is -0.0572. The molecule has 0 aromatic heterocycles. The van der Waals surface area contributed by atoms with Gasteiger partial charge < -0.3 is 14.8 Å². The van der Waals surface area contributed by atoms with Crippen LogP contribution in [0.4, 0.5) is 0 Å². The predicted molar refractivity (Wildman–Crippen MR) is 68.5 cm³/mol. The first-order chi connectivity index (χ1) is 8.15. The zero-order chi connectivity index (χ0) is 12.3. The molecule has 3 nitrogen and oxygen atoms in total. The van der Waals surface area contributed by atoms with Crippen molar-refractivity contribution in [2.45, 2.75) is 26.4 Å². The lowest BCUT2D eigenvalue weighted by Gasteiger charge is -2.35. The van der Waals surface area contributed by atoms with Crippen LogP contribution in [0.15, 0.2) is 18.2 Å². The Bertz CT molecular complexity index is 384. The van der Waals surface area contributed by atoms with Crippen molar-refractivity contribution in [1.29, 1.82) is 0 Å². The number of ether oxygens (including phenoxy) is 2. The third kappa shape index (κ3) is 2.61. The summed E-state index contributed by atoms with van der Waals surface area (Å²) in [5, 5.41) is 3.38. The van der Waals surface area contributed by atoms with Gasteiger partial charge in [-0.15, -0.1) is 0 Å². The Morgan fingerprint density at radius 3 is 2.88 bits per heavy atom. The van der Waals surface area contributed by atoms with Gasteiger partial charge in [-0.1, -0.05) is 6.07 Å². The van der Waals surface area contributed by atoms with Crippen molar-refractivity contribution in [3.05, 3.63) is 29.3 Å². The van der Waals surface area contributed by atoms with Crippen LogP contribution in [0.1, 0.15) is 25.0 Å². The van der Waals surface area contributed by atoms with E-state index in [1.54, 1.807) is 0 Å². The van der Waals surface area contributed by atoms with Crippen LogP contribution in [0.3, 0.4) is 0 Å². The summed E-state index contributed by atoms with van der Waals surface area (Å²) in [5.74, 6) is 0.962. The number of aryl methyl sites for hydroxylation is 1. The second-order valence-electron chi connectivity index (χ2n) is 4.67. The van der Waals surface area contributed by atoms with E-state index in [-0.39, 0.29) is 5.60 Å². The average Bonchev–Trinajstić information content (AvgIpc) is 2.33. The van der Waals surface area contributed by atoms with E-state index in [2.05, 4.69) is 31.3 Å². The highest BCUT2D eigenvalue weighted by Gasteiger charge is 2.30. The first-order valence-electron chi connectivity index (χ1n) is 6.24. The lowest BCUT2D eigenvalue weighted by atomic mass is 9.93. The molecule has 1 heterocycles. The summed E-state index contributed by atoms with van der Waals surface area (Å²) in [5.41, 5.74) is 2.17. The van der Waals surface area contributed by atoms with Crippen molar-refractivity contribution in [1.82, 2.24) is 5.32 Å². The van der Waals surface area contributed by atoms with Crippen LogP contribution in [-0.2, 0) is 10.3 Å². The number of benzene rings is 1. The van der Waals surface area contributed by atoms with Crippen molar-refractivity contribution >= 4 is 0 Å². The Morgan fingerprint density at radius 1 is 1.47 bits per heavy atom. The van der Waals surface area contributed by atoms with E-state index in [9.17, 15) is 0 Å². The van der Waals surface area contributed by atoms with Crippen LogP contribution in [0.2, 0.25) is 0 Å². The smallest absolute Gasteiger partial charge is 0.122 e. The van der Waals surface area contributed by atoms with Crippen LogP contribution in [0.5, 0.6) is 5.75 Å². The maximum Gasteiger partial charge on any atom is 0.122 e. The van der Waals surface area contributed by atoms with Gasteiger partial charge >= 0.3 is 0 Å². The first kappa shape index (κ1) is 12.4. The largest absolute Gasteiger partial charge is 0.494 e. The van der Waals surface area contributed by atoms with Gasteiger partial charge in [0.25, 0.3) is 0 Å². The third-order valence-corrected chi connectivity index (χ3v) is 3.25. The zero-order valence-electron chi connectivity index (χ0n) is 10.9. The minimum absolute atomic E-state index is 0.215. The van der Waals surface area contributed by atoms with Crippen LogP contribution < -0.4 is 10.1 Å². The van der Waals surface area contributed by atoms with E-state index in [0.29, 0.717) is 6.61 Å². The van der Waals surface area contributed by atoms with E-state index in [0.717, 1.165) is 25.4 Å². The Labute approximate surface area is 103 Å². The highest BCUT2D eigenvalue weighted by atomic mass is 16.5. The summed E-state index contributed by atoms with van der Waals surface area (Å²) < 4.78 is 11.5. The molecule has 0 aliphatic carbocycles. The normalized spacial score (nSPS) is 24.6. The van der Waals surface area contributed by atoms with Gasteiger partial charge in [-0.25, -0.2) is 0 Å². The molecular weight excluding hydrogens is 214 g/mol. The molecule has 2 rings (SSSR count). The van der Waals surface area contributed by atoms with Crippen molar-refractivity contribution in [2.75, 3.05) is 26.3 Å². The molecule has 1 unspecified atom stereocenters. The number of hydrogen-bond acceptors (Lipinski definition) is 3.